The number of piperidine rings is 1. The Kier molecular flexibility index (Phi) is 4.58. The molecule has 18 heavy (non-hydrogen) atoms. The second-order valence-electron chi connectivity index (χ2n) is 4.84. The average molecular weight is 251 g/mol. The van der Waals surface area contributed by atoms with E-state index in [1.807, 2.05) is 18.2 Å². The Hall–Kier alpha value is -1.10. The van der Waals surface area contributed by atoms with E-state index >= 15 is 0 Å². The first-order valence-electron chi connectivity index (χ1n) is 6.54. The van der Waals surface area contributed by atoms with Gasteiger partial charge in [-0.05, 0) is 37.0 Å². The molecule has 4 heteroatoms. The lowest BCUT2D eigenvalue weighted by atomic mass is 10.0. The van der Waals surface area contributed by atoms with Crippen molar-refractivity contribution in [2.75, 3.05) is 24.6 Å². The van der Waals surface area contributed by atoms with Gasteiger partial charge in [0.2, 0.25) is 0 Å². The molecule has 0 amide bonds. The molecular formula is C14H21NO3. The highest BCUT2D eigenvalue weighted by Gasteiger charge is 2.19. The van der Waals surface area contributed by atoms with Gasteiger partial charge in [-0.1, -0.05) is 12.1 Å². The van der Waals surface area contributed by atoms with Crippen molar-refractivity contribution < 1.29 is 15.3 Å². The van der Waals surface area contributed by atoms with Gasteiger partial charge in [0.25, 0.3) is 0 Å². The molecule has 4 nitrogen and oxygen atoms in total. The molecule has 1 aromatic rings. The molecule has 1 aliphatic heterocycles. The molecule has 0 aromatic heterocycles. The van der Waals surface area contributed by atoms with Crippen molar-refractivity contribution in [1.29, 1.82) is 0 Å². The van der Waals surface area contributed by atoms with Crippen LogP contribution in [0.2, 0.25) is 0 Å². The smallest absolute Gasteiger partial charge is 0.107 e. The van der Waals surface area contributed by atoms with Crippen LogP contribution >= 0.6 is 0 Å². The van der Waals surface area contributed by atoms with Gasteiger partial charge in [0.15, 0.2) is 0 Å². The van der Waals surface area contributed by atoms with Crippen molar-refractivity contribution in [3.8, 4) is 0 Å². The summed E-state index contributed by atoms with van der Waals surface area (Å²) in [5, 5.41) is 28.2. The topological polar surface area (TPSA) is 63.9 Å². The molecule has 1 fully saturated rings. The summed E-state index contributed by atoms with van der Waals surface area (Å²) in [5.41, 5.74) is 1.73. The van der Waals surface area contributed by atoms with E-state index in [-0.39, 0.29) is 0 Å². The maximum atomic E-state index is 9.88. The van der Waals surface area contributed by atoms with Crippen LogP contribution in [0.4, 0.5) is 5.69 Å². The van der Waals surface area contributed by atoms with E-state index in [2.05, 4.69) is 4.90 Å². The summed E-state index contributed by atoms with van der Waals surface area (Å²) in [5.74, 6) is 0. The van der Waals surface area contributed by atoms with Gasteiger partial charge in [0.05, 0.1) is 6.61 Å². The van der Waals surface area contributed by atoms with Crippen LogP contribution in [0, 0.1) is 0 Å². The van der Waals surface area contributed by atoms with Crippen LogP contribution in [0.15, 0.2) is 24.3 Å². The maximum Gasteiger partial charge on any atom is 0.107 e. The van der Waals surface area contributed by atoms with Crippen LogP contribution in [0.5, 0.6) is 0 Å². The Morgan fingerprint density at radius 2 is 1.83 bits per heavy atom. The highest BCUT2D eigenvalue weighted by molar-refractivity contribution is 5.49. The molecule has 2 unspecified atom stereocenters. The zero-order chi connectivity index (χ0) is 13.0. The van der Waals surface area contributed by atoms with Crippen LogP contribution in [0.1, 0.15) is 30.9 Å². The molecule has 0 saturated carbocycles. The molecule has 0 radical (unpaired) electrons. The SMILES string of the molecule is OCC(O)C(O)c1cccc(N2CCCCC2)c1. The third-order valence-corrected chi connectivity index (χ3v) is 3.48. The first kappa shape index (κ1) is 13.3. The van der Waals surface area contributed by atoms with Gasteiger partial charge in [0, 0.05) is 18.8 Å². The fraction of sp³-hybridized carbons (Fsp3) is 0.571. The van der Waals surface area contributed by atoms with Gasteiger partial charge >= 0.3 is 0 Å². The summed E-state index contributed by atoms with van der Waals surface area (Å²) in [4.78, 5) is 2.30. The maximum absolute atomic E-state index is 9.88. The number of hydrogen-bond donors (Lipinski definition) is 3. The molecule has 2 atom stereocenters. The predicted octanol–water partition coefficient (Wildman–Crippen LogP) is 1.06. The van der Waals surface area contributed by atoms with E-state index < -0.39 is 18.8 Å². The zero-order valence-corrected chi connectivity index (χ0v) is 10.5. The van der Waals surface area contributed by atoms with Crippen molar-refractivity contribution >= 4 is 5.69 Å². The number of aliphatic hydroxyl groups is 3. The minimum absolute atomic E-state index is 0.435. The van der Waals surface area contributed by atoms with E-state index in [1.165, 1.54) is 19.3 Å². The minimum Gasteiger partial charge on any atom is -0.394 e. The highest BCUT2D eigenvalue weighted by atomic mass is 16.4. The summed E-state index contributed by atoms with van der Waals surface area (Å²) in [6.45, 7) is 1.65. The van der Waals surface area contributed by atoms with Crippen LogP contribution in [0.3, 0.4) is 0 Å². The van der Waals surface area contributed by atoms with Gasteiger partial charge in [-0.2, -0.15) is 0 Å². The molecule has 1 aromatic carbocycles. The average Bonchev–Trinajstić information content (AvgIpc) is 2.46. The summed E-state index contributed by atoms with van der Waals surface area (Å²) in [7, 11) is 0. The number of aliphatic hydroxyl groups excluding tert-OH is 3. The van der Waals surface area contributed by atoms with Gasteiger partial charge in [-0.25, -0.2) is 0 Å². The first-order valence-corrected chi connectivity index (χ1v) is 6.54. The number of benzene rings is 1. The number of nitrogens with zero attached hydrogens (tertiary/aromatic N) is 1. The van der Waals surface area contributed by atoms with Crippen molar-refractivity contribution in [2.24, 2.45) is 0 Å². The third-order valence-electron chi connectivity index (χ3n) is 3.48. The Labute approximate surface area is 107 Å². The third kappa shape index (κ3) is 3.02. The van der Waals surface area contributed by atoms with Crippen LogP contribution in [-0.4, -0.2) is 41.1 Å². The van der Waals surface area contributed by atoms with Gasteiger partial charge in [-0.15, -0.1) is 0 Å². The second-order valence-corrected chi connectivity index (χ2v) is 4.84. The standard InChI is InChI=1S/C14H21NO3/c16-10-13(17)14(18)11-5-4-6-12(9-11)15-7-2-1-3-8-15/h4-6,9,13-14,16-18H,1-3,7-8,10H2. The second kappa shape index (κ2) is 6.18. The van der Waals surface area contributed by atoms with Crippen molar-refractivity contribution in [3.05, 3.63) is 29.8 Å². The van der Waals surface area contributed by atoms with Gasteiger partial charge in [-0.3, -0.25) is 0 Å². The molecule has 1 saturated heterocycles. The quantitative estimate of drug-likeness (QED) is 0.749. The zero-order valence-electron chi connectivity index (χ0n) is 10.5. The largest absolute Gasteiger partial charge is 0.394 e. The lowest BCUT2D eigenvalue weighted by Crippen LogP contribution is -2.29. The molecular weight excluding hydrogens is 230 g/mol. The molecule has 100 valence electrons. The van der Waals surface area contributed by atoms with Gasteiger partial charge in [0.1, 0.15) is 12.2 Å². The summed E-state index contributed by atoms with van der Waals surface area (Å²) in [6, 6.07) is 7.57. The highest BCUT2D eigenvalue weighted by Crippen LogP contribution is 2.25. The normalized spacial score (nSPS) is 19.6. The van der Waals surface area contributed by atoms with Gasteiger partial charge < -0.3 is 20.2 Å². The lowest BCUT2D eigenvalue weighted by molar-refractivity contribution is -0.0152. The molecule has 1 heterocycles. The van der Waals surface area contributed by atoms with Crippen LogP contribution in [-0.2, 0) is 0 Å². The Morgan fingerprint density at radius 3 is 2.50 bits per heavy atom. The summed E-state index contributed by atoms with van der Waals surface area (Å²) in [6.07, 6.45) is 1.53. The number of rotatable bonds is 4. The lowest BCUT2D eigenvalue weighted by Gasteiger charge is -2.29. The fourth-order valence-corrected chi connectivity index (χ4v) is 2.38. The first-order chi connectivity index (χ1) is 8.72. The Balaban J connectivity index is 2.13. The molecule has 0 aliphatic carbocycles. The number of anilines is 1. The molecule has 0 bridgehead atoms. The summed E-state index contributed by atoms with van der Waals surface area (Å²) < 4.78 is 0. The Bertz CT molecular complexity index is 360. The van der Waals surface area contributed by atoms with E-state index in [0.717, 1.165) is 18.8 Å². The minimum atomic E-state index is -1.12. The van der Waals surface area contributed by atoms with E-state index in [9.17, 15) is 10.2 Å². The molecule has 1 aliphatic rings. The van der Waals surface area contributed by atoms with Crippen molar-refractivity contribution in [1.82, 2.24) is 0 Å². The van der Waals surface area contributed by atoms with Crippen LogP contribution in [0.25, 0.3) is 0 Å². The molecule has 0 spiro atoms. The van der Waals surface area contributed by atoms with Crippen LogP contribution < -0.4 is 4.90 Å². The predicted molar refractivity (Wildman–Crippen MR) is 70.6 cm³/mol. The Morgan fingerprint density at radius 1 is 1.11 bits per heavy atom. The number of hydrogen-bond acceptors (Lipinski definition) is 4. The van der Waals surface area contributed by atoms with Crippen molar-refractivity contribution in [2.45, 2.75) is 31.5 Å². The van der Waals surface area contributed by atoms with E-state index in [0.29, 0.717) is 5.56 Å². The molecule has 3 N–H and O–H groups in total. The van der Waals surface area contributed by atoms with Crippen molar-refractivity contribution in [3.63, 3.8) is 0 Å². The molecule has 2 rings (SSSR count). The monoisotopic (exact) mass is 251 g/mol. The van der Waals surface area contributed by atoms with E-state index in [1.54, 1.807) is 6.07 Å². The summed E-state index contributed by atoms with van der Waals surface area (Å²) >= 11 is 0. The van der Waals surface area contributed by atoms with E-state index in [4.69, 9.17) is 5.11 Å². The fourth-order valence-electron chi connectivity index (χ4n) is 2.38.